The van der Waals surface area contributed by atoms with Crippen molar-refractivity contribution in [3.63, 3.8) is 0 Å². The molecule has 0 aliphatic rings. The molecular weight excluding hydrogens is 236 g/mol. The highest BCUT2D eigenvalue weighted by Gasteiger charge is 2.21. The van der Waals surface area contributed by atoms with Gasteiger partial charge >= 0.3 is 11.9 Å². The molecule has 1 atom stereocenters. The van der Waals surface area contributed by atoms with Crippen molar-refractivity contribution in [1.82, 2.24) is 0 Å². The Morgan fingerprint density at radius 2 is 2.00 bits per heavy atom. The smallest absolute Gasteiger partial charge is 0.347 e. The molecule has 0 radical (unpaired) electrons. The van der Waals surface area contributed by atoms with E-state index in [9.17, 15) is 9.59 Å². The van der Waals surface area contributed by atoms with Crippen LogP contribution >= 0.6 is 11.6 Å². The zero-order valence-electron chi connectivity index (χ0n) is 8.09. The predicted octanol–water partition coefficient (Wildman–Crippen LogP) is 0.377. The monoisotopic (exact) mass is 244 g/mol. The molecule has 5 nitrogen and oxygen atoms in total. The minimum absolute atomic E-state index is 0.0163. The second kappa shape index (κ2) is 5.60. The number of benzene rings is 1. The second-order valence-electron chi connectivity index (χ2n) is 2.89. The Balaban J connectivity index is 2.74. The first-order chi connectivity index (χ1) is 7.56. The van der Waals surface area contributed by atoms with Gasteiger partial charge in [-0.1, -0.05) is 23.7 Å². The van der Waals surface area contributed by atoms with E-state index in [1.165, 1.54) is 12.1 Å². The lowest BCUT2D eigenvalue weighted by molar-refractivity contribution is -0.149. The zero-order chi connectivity index (χ0) is 12.1. The van der Waals surface area contributed by atoms with Crippen molar-refractivity contribution in [2.24, 2.45) is 0 Å². The molecule has 1 aromatic rings. The minimum atomic E-state index is -1.73. The molecule has 0 heterocycles. The number of halogens is 1. The van der Waals surface area contributed by atoms with Crippen LogP contribution in [0.1, 0.15) is 10.4 Å². The van der Waals surface area contributed by atoms with Gasteiger partial charge < -0.3 is 14.9 Å². The Morgan fingerprint density at radius 3 is 2.56 bits per heavy atom. The molecule has 0 bridgehead atoms. The van der Waals surface area contributed by atoms with E-state index in [-0.39, 0.29) is 10.6 Å². The normalized spacial score (nSPS) is 11.9. The standard InChI is InChI=1S/C10H9ClO5/c11-7-4-2-1-3-6(7)9(14)16-10(15)8(13)5-12/h1-4,8,12-13H,5H2. The van der Waals surface area contributed by atoms with Gasteiger partial charge in [-0.2, -0.15) is 0 Å². The molecule has 1 aromatic carbocycles. The van der Waals surface area contributed by atoms with E-state index in [2.05, 4.69) is 4.74 Å². The fourth-order valence-electron chi connectivity index (χ4n) is 0.916. The number of hydrogen-bond acceptors (Lipinski definition) is 5. The van der Waals surface area contributed by atoms with E-state index in [0.29, 0.717) is 0 Å². The molecular formula is C10H9ClO5. The van der Waals surface area contributed by atoms with Crippen molar-refractivity contribution < 1.29 is 24.5 Å². The summed E-state index contributed by atoms with van der Waals surface area (Å²) < 4.78 is 4.30. The first-order valence-corrected chi connectivity index (χ1v) is 4.73. The number of esters is 2. The van der Waals surface area contributed by atoms with Crippen molar-refractivity contribution in [2.75, 3.05) is 6.61 Å². The van der Waals surface area contributed by atoms with Crippen LogP contribution in [0.2, 0.25) is 5.02 Å². The van der Waals surface area contributed by atoms with E-state index in [1.807, 2.05) is 0 Å². The third kappa shape index (κ3) is 3.03. The Hall–Kier alpha value is -1.43. The van der Waals surface area contributed by atoms with Crippen LogP contribution in [-0.2, 0) is 9.53 Å². The summed E-state index contributed by atoms with van der Waals surface area (Å²) in [5, 5.41) is 17.5. The largest absolute Gasteiger partial charge is 0.393 e. The van der Waals surface area contributed by atoms with Crippen LogP contribution in [0.5, 0.6) is 0 Å². The van der Waals surface area contributed by atoms with Gasteiger partial charge in [-0.15, -0.1) is 0 Å². The molecule has 0 aromatic heterocycles. The first kappa shape index (κ1) is 12.6. The number of carbonyl (C=O) groups is 2. The summed E-state index contributed by atoms with van der Waals surface area (Å²) in [7, 11) is 0. The summed E-state index contributed by atoms with van der Waals surface area (Å²) in [4.78, 5) is 22.3. The molecule has 16 heavy (non-hydrogen) atoms. The van der Waals surface area contributed by atoms with Crippen LogP contribution in [0, 0.1) is 0 Å². The molecule has 86 valence electrons. The number of aliphatic hydroxyl groups excluding tert-OH is 2. The van der Waals surface area contributed by atoms with Crippen LogP contribution in [-0.4, -0.2) is 34.9 Å². The maximum atomic E-state index is 11.4. The maximum Gasteiger partial charge on any atom is 0.347 e. The molecule has 6 heteroatoms. The van der Waals surface area contributed by atoms with Gasteiger partial charge in [0, 0.05) is 0 Å². The van der Waals surface area contributed by atoms with Gasteiger partial charge in [0.1, 0.15) is 0 Å². The summed E-state index contributed by atoms with van der Waals surface area (Å²) in [6.07, 6.45) is -1.73. The number of ether oxygens (including phenoxy) is 1. The molecule has 1 rings (SSSR count). The summed E-state index contributed by atoms with van der Waals surface area (Å²) in [6, 6.07) is 6.01. The highest BCUT2D eigenvalue weighted by molar-refractivity contribution is 6.33. The molecule has 2 N–H and O–H groups in total. The van der Waals surface area contributed by atoms with E-state index in [0.717, 1.165) is 0 Å². The Labute approximate surface area is 96.2 Å². The van der Waals surface area contributed by atoms with Crippen molar-refractivity contribution in [2.45, 2.75) is 6.10 Å². The van der Waals surface area contributed by atoms with E-state index in [1.54, 1.807) is 12.1 Å². The third-order valence-electron chi connectivity index (χ3n) is 1.73. The zero-order valence-corrected chi connectivity index (χ0v) is 8.85. The molecule has 0 amide bonds. The van der Waals surface area contributed by atoms with Crippen LogP contribution in [0.4, 0.5) is 0 Å². The predicted molar refractivity (Wildman–Crippen MR) is 55.0 cm³/mol. The van der Waals surface area contributed by atoms with Gasteiger partial charge in [0.25, 0.3) is 0 Å². The second-order valence-corrected chi connectivity index (χ2v) is 3.29. The van der Waals surface area contributed by atoms with Gasteiger partial charge in [-0.3, -0.25) is 0 Å². The summed E-state index contributed by atoms with van der Waals surface area (Å²) in [5.74, 6) is -2.18. The first-order valence-electron chi connectivity index (χ1n) is 4.35. The lowest BCUT2D eigenvalue weighted by Crippen LogP contribution is -2.28. The topological polar surface area (TPSA) is 83.8 Å². The molecule has 1 unspecified atom stereocenters. The molecule has 0 spiro atoms. The molecule has 0 aliphatic carbocycles. The van der Waals surface area contributed by atoms with Crippen molar-refractivity contribution in [3.8, 4) is 0 Å². The molecule has 0 saturated carbocycles. The SMILES string of the molecule is O=C(OC(=O)C(O)CO)c1ccccc1Cl. The maximum absolute atomic E-state index is 11.4. The molecule has 0 aliphatic heterocycles. The van der Waals surface area contributed by atoms with Crippen LogP contribution < -0.4 is 0 Å². The molecule has 0 fully saturated rings. The van der Waals surface area contributed by atoms with Crippen LogP contribution in [0.15, 0.2) is 24.3 Å². The fraction of sp³-hybridized carbons (Fsp3) is 0.200. The average Bonchev–Trinajstić information content (AvgIpc) is 2.28. The molecule has 0 saturated heterocycles. The minimum Gasteiger partial charge on any atom is -0.393 e. The summed E-state index contributed by atoms with van der Waals surface area (Å²) in [5.41, 5.74) is 0.0163. The lowest BCUT2D eigenvalue weighted by atomic mass is 10.2. The highest BCUT2D eigenvalue weighted by atomic mass is 35.5. The lowest BCUT2D eigenvalue weighted by Gasteiger charge is -2.07. The van der Waals surface area contributed by atoms with Gasteiger partial charge in [-0.05, 0) is 12.1 Å². The van der Waals surface area contributed by atoms with Gasteiger partial charge in [-0.25, -0.2) is 9.59 Å². The number of carbonyl (C=O) groups excluding carboxylic acids is 2. The van der Waals surface area contributed by atoms with E-state index in [4.69, 9.17) is 21.8 Å². The highest BCUT2D eigenvalue weighted by Crippen LogP contribution is 2.15. The van der Waals surface area contributed by atoms with Gasteiger partial charge in [0.05, 0.1) is 17.2 Å². The Kier molecular flexibility index (Phi) is 4.42. The van der Waals surface area contributed by atoms with Gasteiger partial charge in [0.2, 0.25) is 0 Å². The summed E-state index contributed by atoms with van der Waals surface area (Å²) in [6.45, 7) is -0.811. The number of aliphatic hydroxyl groups is 2. The Morgan fingerprint density at radius 1 is 1.38 bits per heavy atom. The van der Waals surface area contributed by atoms with E-state index < -0.39 is 24.6 Å². The number of rotatable bonds is 3. The van der Waals surface area contributed by atoms with Crippen molar-refractivity contribution >= 4 is 23.5 Å². The fourth-order valence-corrected chi connectivity index (χ4v) is 1.13. The van der Waals surface area contributed by atoms with Gasteiger partial charge in [0.15, 0.2) is 6.10 Å². The van der Waals surface area contributed by atoms with Crippen molar-refractivity contribution in [3.05, 3.63) is 34.9 Å². The van der Waals surface area contributed by atoms with Crippen molar-refractivity contribution in [1.29, 1.82) is 0 Å². The Bertz CT molecular complexity index is 404. The third-order valence-corrected chi connectivity index (χ3v) is 2.06. The van der Waals surface area contributed by atoms with Crippen LogP contribution in [0.25, 0.3) is 0 Å². The quantitative estimate of drug-likeness (QED) is 0.593. The number of hydrogen-bond donors (Lipinski definition) is 2. The average molecular weight is 245 g/mol. The van der Waals surface area contributed by atoms with E-state index >= 15 is 0 Å². The summed E-state index contributed by atoms with van der Waals surface area (Å²) >= 11 is 5.69. The van der Waals surface area contributed by atoms with Crippen LogP contribution in [0.3, 0.4) is 0 Å².